The SMILES string of the molecule is CCOc1ccc(S(=O)(=O)Nc2ccc(C(=O)OC(C(N)=O)c3ccccc3)cc2)cc1. The average molecular weight is 455 g/mol. The van der Waals surface area contributed by atoms with Gasteiger partial charge >= 0.3 is 5.97 Å². The van der Waals surface area contributed by atoms with Gasteiger partial charge in [0.1, 0.15) is 5.75 Å². The van der Waals surface area contributed by atoms with Crippen molar-refractivity contribution in [3.63, 3.8) is 0 Å². The lowest BCUT2D eigenvalue weighted by Crippen LogP contribution is -2.26. The van der Waals surface area contributed by atoms with Crippen molar-refractivity contribution in [3.05, 3.63) is 90.0 Å². The van der Waals surface area contributed by atoms with E-state index in [1.54, 1.807) is 42.5 Å². The van der Waals surface area contributed by atoms with Crippen LogP contribution in [0.3, 0.4) is 0 Å². The molecule has 1 amide bonds. The first-order valence-electron chi connectivity index (χ1n) is 9.71. The second kappa shape index (κ2) is 9.97. The molecule has 3 aromatic carbocycles. The van der Waals surface area contributed by atoms with Gasteiger partial charge in [-0.3, -0.25) is 9.52 Å². The molecule has 3 N–H and O–H groups in total. The van der Waals surface area contributed by atoms with Crippen molar-refractivity contribution in [1.29, 1.82) is 0 Å². The lowest BCUT2D eigenvalue weighted by atomic mass is 10.1. The fourth-order valence-corrected chi connectivity index (χ4v) is 3.92. The number of sulfonamides is 1. The Morgan fingerprint density at radius 3 is 2.12 bits per heavy atom. The first kappa shape index (κ1) is 22.8. The molecule has 1 atom stereocenters. The van der Waals surface area contributed by atoms with Gasteiger partial charge in [0.2, 0.25) is 6.10 Å². The number of esters is 1. The Hall–Kier alpha value is -3.85. The summed E-state index contributed by atoms with van der Waals surface area (Å²) >= 11 is 0. The number of ether oxygens (including phenoxy) is 2. The zero-order valence-corrected chi connectivity index (χ0v) is 18.0. The normalized spacial score (nSPS) is 11.9. The van der Waals surface area contributed by atoms with Crippen molar-refractivity contribution in [3.8, 4) is 5.75 Å². The monoisotopic (exact) mass is 454 g/mol. The largest absolute Gasteiger partial charge is 0.494 e. The summed E-state index contributed by atoms with van der Waals surface area (Å²) in [4.78, 5) is 24.3. The summed E-state index contributed by atoms with van der Waals surface area (Å²) in [7, 11) is -3.83. The van der Waals surface area contributed by atoms with Crippen LogP contribution in [-0.2, 0) is 19.6 Å². The molecule has 8 nitrogen and oxygen atoms in total. The number of hydrogen-bond donors (Lipinski definition) is 2. The molecule has 0 aliphatic heterocycles. The Balaban J connectivity index is 1.70. The molecule has 0 aromatic heterocycles. The zero-order valence-electron chi connectivity index (χ0n) is 17.2. The van der Waals surface area contributed by atoms with Gasteiger partial charge in [-0.25, -0.2) is 13.2 Å². The Kier molecular flexibility index (Phi) is 7.11. The van der Waals surface area contributed by atoms with E-state index >= 15 is 0 Å². The highest BCUT2D eigenvalue weighted by atomic mass is 32.2. The van der Waals surface area contributed by atoms with Crippen LogP contribution in [0.1, 0.15) is 28.9 Å². The van der Waals surface area contributed by atoms with Crippen LogP contribution >= 0.6 is 0 Å². The summed E-state index contributed by atoms with van der Waals surface area (Å²) in [6.07, 6.45) is -1.23. The first-order valence-corrected chi connectivity index (χ1v) is 11.2. The van der Waals surface area contributed by atoms with Gasteiger partial charge in [0, 0.05) is 11.3 Å². The quantitative estimate of drug-likeness (QED) is 0.478. The number of hydrogen-bond acceptors (Lipinski definition) is 6. The van der Waals surface area contributed by atoms with Gasteiger partial charge in [-0.2, -0.15) is 0 Å². The van der Waals surface area contributed by atoms with Crippen molar-refractivity contribution in [2.75, 3.05) is 11.3 Å². The van der Waals surface area contributed by atoms with Crippen LogP contribution in [0.5, 0.6) is 5.75 Å². The van der Waals surface area contributed by atoms with E-state index in [4.69, 9.17) is 15.2 Å². The molecule has 32 heavy (non-hydrogen) atoms. The van der Waals surface area contributed by atoms with E-state index in [1.165, 1.54) is 36.4 Å². The number of primary amides is 1. The van der Waals surface area contributed by atoms with E-state index in [2.05, 4.69) is 4.72 Å². The van der Waals surface area contributed by atoms with E-state index in [-0.39, 0.29) is 16.1 Å². The summed E-state index contributed by atoms with van der Waals surface area (Å²) in [5.41, 5.74) is 6.21. The molecule has 3 aromatic rings. The smallest absolute Gasteiger partial charge is 0.339 e. The third kappa shape index (κ3) is 5.64. The molecule has 0 saturated carbocycles. The second-order valence-corrected chi connectivity index (χ2v) is 8.37. The van der Waals surface area contributed by atoms with Crippen LogP contribution in [-0.4, -0.2) is 26.9 Å². The minimum absolute atomic E-state index is 0.0663. The maximum absolute atomic E-state index is 12.6. The topological polar surface area (TPSA) is 125 Å². The number of nitrogens with one attached hydrogen (secondary N) is 1. The average Bonchev–Trinajstić information content (AvgIpc) is 2.78. The highest BCUT2D eigenvalue weighted by molar-refractivity contribution is 7.92. The molecule has 1 unspecified atom stereocenters. The lowest BCUT2D eigenvalue weighted by Gasteiger charge is -2.15. The number of benzene rings is 3. The molecule has 0 heterocycles. The van der Waals surface area contributed by atoms with E-state index in [0.717, 1.165) is 0 Å². The fourth-order valence-electron chi connectivity index (χ4n) is 2.86. The summed E-state index contributed by atoms with van der Waals surface area (Å²) in [5.74, 6) is -0.998. The molecule has 0 fully saturated rings. The second-order valence-electron chi connectivity index (χ2n) is 6.69. The summed E-state index contributed by atoms with van der Waals surface area (Å²) in [5, 5.41) is 0. The third-order valence-electron chi connectivity index (χ3n) is 4.40. The molecule has 0 aliphatic rings. The summed E-state index contributed by atoms with van der Waals surface area (Å²) in [6.45, 7) is 2.31. The molecule has 0 aliphatic carbocycles. The highest BCUT2D eigenvalue weighted by Crippen LogP contribution is 2.22. The molecular weight excluding hydrogens is 432 g/mol. The first-order chi connectivity index (χ1) is 15.3. The number of nitrogens with two attached hydrogens (primary N) is 1. The number of carbonyl (C=O) groups excluding carboxylic acids is 2. The molecule has 3 rings (SSSR count). The van der Waals surface area contributed by atoms with Crippen LogP contribution in [0.2, 0.25) is 0 Å². The predicted octanol–water partition coefficient (Wildman–Crippen LogP) is 3.27. The highest BCUT2D eigenvalue weighted by Gasteiger charge is 2.23. The van der Waals surface area contributed by atoms with Crippen LogP contribution in [0.25, 0.3) is 0 Å². The fraction of sp³-hybridized carbons (Fsp3) is 0.130. The van der Waals surface area contributed by atoms with Gasteiger partial charge < -0.3 is 15.2 Å². The van der Waals surface area contributed by atoms with Crippen molar-refractivity contribution in [2.24, 2.45) is 5.73 Å². The maximum atomic E-state index is 12.6. The van der Waals surface area contributed by atoms with Gasteiger partial charge in [0.15, 0.2) is 0 Å². The minimum atomic E-state index is -3.83. The molecule has 0 bridgehead atoms. The Labute approximate surface area is 186 Å². The van der Waals surface area contributed by atoms with Crippen molar-refractivity contribution in [2.45, 2.75) is 17.9 Å². The van der Waals surface area contributed by atoms with Gasteiger partial charge in [0.05, 0.1) is 17.1 Å². The molecule has 0 saturated heterocycles. The number of amides is 1. The van der Waals surface area contributed by atoms with E-state index in [1.807, 2.05) is 6.92 Å². The number of carbonyl (C=O) groups is 2. The molecular formula is C23H22N2O6S. The Bertz CT molecular complexity index is 1180. The summed E-state index contributed by atoms with van der Waals surface area (Å²) in [6, 6.07) is 20.0. The van der Waals surface area contributed by atoms with Gasteiger partial charge in [-0.15, -0.1) is 0 Å². The van der Waals surface area contributed by atoms with Crippen LogP contribution in [0, 0.1) is 0 Å². The Morgan fingerprint density at radius 2 is 1.56 bits per heavy atom. The lowest BCUT2D eigenvalue weighted by molar-refractivity contribution is -0.127. The Morgan fingerprint density at radius 1 is 0.938 bits per heavy atom. The zero-order chi connectivity index (χ0) is 23.1. The van der Waals surface area contributed by atoms with E-state index in [9.17, 15) is 18.0 Å². The van der Waals surface area contributed by atoms with E-state index < -0.39 is 28.0 Å². The number of anilines is 1. The van der Waals surface area contributed by atoms with Gasteiger partial charge in [-0.05, 0) is 55.5 Å². The van der Waals surface area contributed by atoms with Crippen molar-refractivity contribution < 1.29 is 27.5 Å². The van der Waals surface area contributed by atoms with Crippen molar-refractivity contribution in [1.82, 2.24) is 0 Å². The molecule has 0 radical (unpaired) electrons. The standard InChI is InChI=1S/C23H22N2O6S/c1-2-30-19-12-14-20(15-13-19)32(28,29)25-18-10-8-17(9-11-18)23(27)31-21(22(24)26)16-6-4-3-5-7-16/h3-15,21,25H,2H2,1H3,(H2,24,26). The van der Waals surface area contributed by atoms with Gasteiger partial charge in [-0.1, -0.05) is 30.3 Å². The van der Waals surface area contributed by atoms with Crippen LogP contribution in [0.4, 0.5) is 5.69 Å². The third-order valence-corrected chi connectivity index (χ3v) is 5.80. The molecule has 166 valence electrons. The number of rotatable bonds is 9. The predicted molar refractivity (Wildman–Crippen MR) is 119 cm³/mol. The minimum Gasteiger partial charge on any atom is -0.494 e. The van der Waals surface area contributed by atoms with Gasteiger partial charge in [0.25, 0.3) is 15.9 Å². The van der Waals surface area contributed by atoms with Crippen LogP contribution < -0.4 is 15.2 Å². The van der Waals surface area contributed by atoms with E-state index in [0.29, 0.717) is 17.9 Å². The van der Waals surface area contributed by atoms with Crippen molar-refractivity contribution >= 4 is 27.6 Å². The molecule has 9 heteroatoms. The maximum Gasteiger partial charge on any atom is 0.339 e. The summed E-state index contributed by atoms with van der Waals surface area (Å²) < 4.78 is 38.2. The molecule has 0 spiro atoms. The van der Waals surface area contributed by atoms with Crippen LogP contribution in [0.15, 0.2) is 83.8 Å².